The maximum absolute atomic E-state index is 6.21. The Hall–Kier alpha value is -0.160. The first-order valence-electron chi connectivity index (χ1n) is 6.93. The van der Waals surface area contributed by atoms with Crippen LogP contribution in [0, 0.1) is 0 Å². The molecule has 0 radical (unpaired) electrons. The molecule has 4 heteroatoms. The van der Waals surface area contributed by atoms with E-state index in [4.69, 9.17) is 10.5 Å². The molecule has 0 aromatic heterocycles. The number of hydrogen-bond acceptors (Lipinski definition) is 4. The summed E-state index contributed by atoms with van der Waals surface area (Å²) in [6.07, 6.45) is 0.987. The third-order valence-electron chi connectivity index (χ3n) is 4.57. The standard InChI is InChI=1S/C14H31N3O/c1-13(2)11-17(10-9-16(13)5)8-7-12(15)14(3,4)18-6/h12H,7-11,15H2,1-6H3. The average Bonchev–Trinajstić information content (AvgIpc) is 2.30. The molecule has 1 unspecified atom stereocenters. The predicted octanol–water partition coefficient (Wildman–Crippen LogP) is 1.15. The second kappa shape index (κ2) is 5.87. The molecule has 2 N–H and O–H groups in total. The highest BCUT2D eigenvalue weighted by Gasteiger charge is 2.32. The normalized spacial score (nSPS) is 24.2. The second-order valence-corrected chi connectivity index (χ2v) is 6.71. The van der Waals surface area contributed by atoms with Crippen molar-refractivity contribution in [3.05, 3.63) is 0 Å². The van der Waals surface area contributed by atoms with Gasteiger partial charge in [-0.05, 0) is 47.7 Å². The van der Waals surface area contributed by atoms with E-state index in [9.17, 15) is 0 Å². The molecule has 0 aromatic carbocycles. The Morgan fingerprint density at radius 1 is 1.33 bits per heavy atom. The van der Waals surface area contributed by atoms with Crippen LogP contribution in [0.25, 0.3) is 0 Å². The van der Waals surface area contributed by atoms with Gasteiger partial charge in [-0.2, -0.15) is 0 Å². The smallest absolute Gasteiger partial charge is 0.0773 e. The van der Waals surface area contributed by atoms with Gasteiger partial charge in [-0.1, -0.05) is 0 Å². The summed E-state index contributed by atoms with van der Waals surface area (Å²) in [7, 11) is 3.94. The summed E-state index contributed by atoms with van der Waals surface area (Å²) >= 11 is 0. The zero-order valence-corrected chi connectivity index (χ0v) is 13.0. The van der Waals surface area contributed by atoms with Crippen LogP contribution in [-0.2, 0) is 4.74 Å². The van der Waals surface area contributed by atoms with E-state index < -0.39 is 0 Å². The minimum absolute atomic E-state index is 0.0882. The van der Waals surface area contributed by atoms with Crippen molar-refractivity contribution in [3.63, 3.8) is 0 Å². The monoisotopic (exact) mass is 257 g/mol. The fourth-order valence-corrected chi connectivity index (χ4v) is 2.35. The van der Waals surface area contributed by atoms with Gasteiger partial charge in [-0.15, -0.1) is 0 Å². The minimum Gasteiger partial charge on any atom is -0.377 e. The third kappa shape index (κ3) is 3.92. The van der Waals surface area contributed by atoms with Crippen molar-refractivity contribution in [2.24, 2.45) is 5.73 Å². The lowest BCUT2D eigenvalue weighted by molar-refractivity contribution is -0.00914. The molecular formula is C14H31N3O. The molecule has 1 atom stereocenters. The van der Waals surface area contributed by atoms with Gasteiger partial charge < -0.3 is 15.4 Å². The van der Waals surface area contributed by atoms with Crippen molar-refractivity contribution in [2.45, 2.75) is 51.3 Å². The first-order chi connectivity index (χ1) is 8.19. The van der Waals surface area contributed by atoms with Gasteiger partial charge in [0.15, 0.2) is 0 Å². The maximum Gasteiger partial charge on any atom is 0.0773 e. The molecule has 108 valence electrons. The maximum atomic E-state index is 6.21. The Balaban J connectivity index is 2.41. The van der Waals surface area contributed by atoms with Crippen LogP contribution in [0.1, 0.15) is 34.1 Å². The van der Waals surface area contributed by atoms with E-state index in [0.717, 1.165) is 32.6 Å². The zero-order valence-electron chi connectivity index (χ0n) is 13.0. The Bertz CT molecular complexity index is 266. The Morgan fingerprint density at radius 3 is 2.44 bits per heavy atom. The molecular weight excluding hydrogens is 226 g/mol. The number of ether oxygens (including phenoxy) is 1. The highest BCUT2D eigenvalue weighted by Crippen LogP contribution is 2.20. The Labute approximate surface area is 112 Å². The molecule has 4 nitrogen and oxygen atoms in total. The lowest BCUT2D eigenvalue weighted by Crippen LogP contribution is -2.58. The van der Waals surface area contributed by atoms with E-state index in [2.05, 4.69) is 44.5 Å². The number of methoxy groups -OCH3 is 1. The molecule has 0 aliphatic carbocycles. The summed E-state index contributed by atoms with van der Waals surface area (Å²) in [5, 5.41) is 0. The summed E-state index contributed by atoms with van der Waals surface area (Å²) in [5.74, 6) is 0. The number of piperazine rings is 1. The van der Waals surface area contributed by atoms with E-state index in [1.807, 2.05) is 0 Å². The SMILES string of the molecule is COC(C)(C)C(N)CCN1CCN(C)C(C)(C)C1. The van der Waals surface area contributed by atoms with E-state index in [-0.39, 0.29) is 17.2 Å². The molecule has 0 amide bonds. The van der Waals surface area contributed by atoms with Gasteiger partial charge in [0, 0.05) is 38.3 Å². The van der Waals surface area contributed by atoms with Gasteiger partial charge >= 0.3 is 0 Å². The molecule has 1 aliphatic heterocycles. The van der Waals surface area contributed by atoms with Crippen LogP contribution in [0.15, 0.2) is 0 Å². The van der Waals surface area contributed by atoms with Crippen molar-refractivity contribution >= 4 is 0 Å². The van der Waals surface area contributed by atoms with Gasteiger partial charge in [0.2, 0.25) is 0 Å². The summed E-state index contributed by atoms with van der Waals surface area (Å²) in [6.45, 7) is 13.2. The van der Waals surface area contributed by atoms with Crippen LogP contribution in [-0.4, -0.2) is 67.3 Å². The number of nitrogens with two attached hydrogens (primary N) is 1. The first kappa shape index (κ1) is 15.9. The fourth-order valence-electron chi connectivity index (χ4n) is 2.35. The van der Waals surface area contributed by atoms with Crippen LogP contribution < -0.4 is 5.73 Å². The summed E-state index contributed by atoms with van der Waals surface area (Å²) in [6, 6.07) is 0.0882. The summed E-state index contributed by atoms with van der Waals surface area (Å²) in [5.41, 5.74) is 6.24. The van der Waals surface area contributed by atoms with E-state index in [0.29, 0.717) is 0 Å². The molecule has 1 rings (SSSR count). The molecule has 1 aliphatic rings. The second-order valence-electron chi connectivity index (χ2n) is 6.71. The number of rotatable bonds is 5. The lowest BCUT2D eigenvalue weighted by Gasteiger charge is -2.46. The van der Waals surface area contributed by atoms with Crippen molar-refractivity contribution in [2.75, 3.05) is 40.3 Å². The molecule has 1 saturated heterocycles. The topological polar surface area (TPSA) is 41.7 Å². The zero-order chi connectivity index (χ0) is 14.0. The van der Waals surface area contributed by atoms with Crippen LogP contribution in [0.2, 0.25) is 0 Å². The molecule has 1 heterocycles. The van der Waals surface area contributed by atoms with Crippen LogP contribution >= 0.6 is 0 Å². The Kier molecular flexibility index (Phi) is 5.18. The van der Waals surface area contributed by atoms with Crippen LogP contribution in [0.3, 0.4) is 0 Å². The highest BCUT2D eigenvalue weighted by molar-refractivity contribution is 4.89. The Morgan fingerprint density at radius 2 is 1.94 bits per heavy atom. The quantitative estimate of drug-likeness (QED) is 0.802. The van der Waals surface area contributed by atoms with Crippen molar-refractivity contribution < 1.29 is 4.74 Å². The highest BCUT2D eigenvalue weighted by atomic mass is 16.5. The number of hydrogen-bond donors (Lipinski definition) is 1. The number of nitrogens with zero attached hydrogens (tertiary/aromatic N) is 2. The fraction of sp³-hybridized carbons (Fsp3) is 1.00. The van der Waals surface area contributed by atoms with Crippen LogP contribution in [0.5, 0.6) is 0 Å². The number of likely N-dealkylation sites (N-methyl/N-ethyl adjacent to an activating group) is 1. The molecule has 18 heavy (non-hydrogen) atoms. The van der Waals surface area contributed by atoms with Gasteiger partial charge in [0.05, 0.1) is 5.60 Å². The predicted molar refractivity (Wildman–Crippen MR) is 76.8 cm³/mol. The van der Waals surface area contributed by atoms with E-state index >= 15 is 0 Å². The largest absolute Gasteiger partial charge is 0.377 e. The average molecular weight is 257 g/mol. The van der Waals surface area contributed by atoms with E-state index in [1.165, 1.54) is 0 Å². The lowest BCUT2D eigenvalue weighted by atomic mass is 9.95. The van der Waals surface area contributed by atoms with Gasteiger partial charge in [0.25, 0.3) is 0 Å². The van der Waals surface area contributed by atoms with Crippen molar-refractivity contribution in [1.29, 1.82) is 0 Å². The minimum atomic E-state index is -0.234. The van der Waals surface area contributed by atoms with E-state index in [1.54, 1.807) is 7.11 Å². The molecule has 1 fully saturated rings. The van der Waals surface area contributed by atoms with Crippen LogP contribution in [0.4, 0.5) is 0 Å². The van der Waals surface area contributed by atoms with Crippen molar-refractivity contribution in [1.82, 2.24) is 9.80 Å². The van der Waals surface area contributed by atoms with Gasteiger partial charge in [0.1, 0.15) is 0 Å². The third-order valence-corrected chi connectivity index (χ3v) is 4.57. The molecule has 0 bridgehead atoms. The summed E-state index contributed by atoms with van der Waals surface area (Å²) in [4.78, 5) is 4.95. The molecule has 0 aromatic rings. The van der Waals surface area contributed by atoms with Crippen molar-refractivity contribution in [3.8, 4) is 0 Å². The first-order valence-corrected chi connectivity index (χ1v) is 6.93. The van der Waals surface area contributed by atoms with Gasteiger partial charge in [-0.25, -0.2) is 0 Å². The summed E-state index contributed by atoms with van der Waals surface area (Å²) < 4.78 is 5.45. The van der Waals surface area contributed by atoms with Gasteiger partial charge in [-0.3, -0.25) is 4.90 Å². The molecule has 0 saturated carbocycles. The molecule has 0 spiro atoms.